The molecular weight excluding hydrogens is 440 g/mol. The summed E-state index contributed by atoms with van der Waals surface area (Å²) in [6, 6.07) is 17.5. The van der Waals surface area contributed by atoms with Crippen LogP contribution in [0.4, 0.5) is 0 Å². The number of nitrogens with one attached hydrogen (secondary N) is 1. The molecule has 2 aromatic carbocycles. The van der Waals surface area contributed by atoms with E-state index in [1.165, 1.54) is 6.07 Å². The summed E-state index contributed by atoms with van der Waals surface area (Å²) in [5.74, 6) is 1.71. The van der Waals surface area contributed by atoms with Crippen LogP contribution in [0, 0.1) is 11.8 Å². The third-order valence-electron chi connectivity index (χ3n) is 7.78. The highest BCUT2D eigenvalue weighted by atomic mass is 16.2. The van der Waals surface area contributed by atoms with Crippen molar-refractivity contribution in [3.63, 3.8) is 0 Å². The highest BCUT2D eigenvalue weighted by molar-refractivity contribution is 6.16. The van der Waals surface area contributed by atoms with Crippen molar-refractivity contribution in [2.24, 2.45) is 16.8 Å². The van der Waals surface area contributed by atoms with Crippen molar-refractivity contribution >= 4 is 28.6 Å². The van der Waals surface area contributed by atoms with Crippen LogP contribution in [0.5, 0.6) is 0 Å². The number of rotatable bonds is 5. The minimum atomic E-state index is -0.550. The zero-order chi connectivity index (χ0) is 23.7. The van der Waals surface area contributed by atoms with Crippen LogP contribution in [0.2, 0.25) is 0 Å². The molecule has 1 spiro atoms. The van der Waals surface area contributed by atoms with Crippen molar-refractivity contribution in [1.29, 1.82) is 0 Å². The maximum absolute atomic E-state index is 13.2. The Hall–Kier alpha value is -3.74. The third kappa shape index (κ3) is 3.49. The van der Waals surface area contributed by atoms with Gasteiger partial charge < -0.3 is 9.88 Å². The van der Waals surface area contributed by atoms with Crippen molar-refractivity contribution in [3.8, 4) is 11.1 Å². The van der Waals surface area contributed by atoms with Gasteiger partial charge in [-0.3, -0.25) is 24.3 Å². The number of benzene rings is 2. The monoisotopic (exact) mass is 466 g/mol. The summed E-state index contributed by atoms with van der Waals surface area (Å²) < 4.78 is 0. The first kappa shape index (κ1) is 20.6. The summed E-state index contributed by atoms with van der Waals surface area (Å²) in [4.78, 5) is 48.8. The minimum absolute atomic E-state index is 0.113. The molecule has 35 heavy (non-hydrogen) atoms. The minimum Gasteiger partial charge on any atom is -0.342 e. The molecule has 7 nitrogen and oxygen atoms in total. The van der Waals surface area contributed by atoms with Gasteiger partial charge in [-0.25, -0.2) is 0 Å². The molecule has 4 aliphatic rings. The first-order chi connectivity index (χ1) is 17.0. The second-order valence-electron chi connectivity index (χ2n) is 10.5. The standard InChI is InChI=1S/C28H26N4O3/c33-24-10-9-19-3-8-22(13-23(19)29-24)18-1-4-20(5-2-18)25-30-28(11-12-28)27(35)32(25)16-17-14-31(15-17)26(34)21-6-7-21/h1-5,8-10,13,17,21H,6-7,11-12,14-16H2,(H,29,33). The van der Waals surface area contributed by atoms with Crippen molar-refractivity contribution < 1.29 is 9.59 Å². The number of hydrogen-bond acceptors (Lipinski definition) is 4. The van der Waals surface area contributed by atoms with Crippen LogP contribution in [0.1, 0.15) is 31.2 Å². The summed E-state index contributed by atoms with van der Waals surface area (Å²) in [6.45, 7) is 2.10. The van der Waals surface area contributed by atoms with E-state index in [1.54, 1.807) is 0 Å². The number of carbonyl (C=O) groups excluding carboxylic acids is 2. The van der Waals surface area contributed by atoms with E-state index < -0.39 is 5.54 Å². The first-order valence-electron chi connectivity index (χ1n) is 12.4. The van der Waals surface area contributed by atoms with Crippen LogP contribution in [0.15, 0.2) is 64.4 Å². The van der Waals surface area contributed by atoms with Crippen LogP contribution < -0.4 is 5.56 Å². The van der Waals surface area contributed by atoms with E-state index in [1.807, 2.05) is 58.3 Å². The van der Waals surface area contributed by atoms with E-state index in [0.29, 0.717) is 12.5 Å². The molecule has 1 N–H and O–H groups in total. The van der Waals surface area contributed by atoms with E-state index in [2.05, 4.69) is 4.98 Å². The number of aromatic nitrogens is 1. The molecule has 0 radical (unpaired) electrons. The van der Waals surface area contributed by atoms with Crippen molar-refractivity contribution in [2.75, 3.05) is 19.6 Å². The van der Waals surface area contributed by atoms with Gasteiger partial charge in [0.25, 0.3) is 5.91 Å². The van der Waals surface area contributed by atoms with Gasteiger partial charge in [0.15, 0.2) is 0 Å². The Morgan fingerprint density at radius 1 is 0.943 bits per heavy atom. The Morgan fingerprint density at radius 3 is 2.34 bits per heavy atom. The van der Waals surface area contributed by atoms with E-state index in [4.69, 9.17) is 4.99 Å². The third-order valence-corrected chi connectivity index (χ3v) is 7.78. The van der Waals surface area contributed by atoms with Gasteiger partial charge in [0.05, 0.1) is 0 Å². The highest BCUT2D eigenvalue weighted by Crippen LogP contribution is 2.46. The maximum Gasteiger partial charge on any atom is 0.256 e. The van der Waals surface area contributed by atoms with Crippen molar-refractivity contribution in [2.45, 2.75) is 31.2 Å². The van der Waals surface area contributed by atoms with Crippen LogP contribution in [-0.4, -0.2) is 57.6 Å². The van der Waals surface area contributed by atoms with Gasteiger partial charge in [-0.05, 0) is 54.3 Å². The SMILES string of the molecule is O=C(C1CC1)N1CC(CN2C(=O)C3(CC3)N=C2c2ccc(-c3ccc4ccc(=O)[nH]c4c3)cc2)C1. The number of nitrogens with zero attached hydrogens (tertiary/aromatic N) is 3. The second kappa shape index (κ2) is 7.38. The fourth-order valence-electron chi connectivity index (χ4n) is 5.35. The van der Waals surface area contributed by atoms with Gasteiger partial charge in [-0.2, -0.15) is 0 Å². The number of carbonyl (C=O) groups is 2. The van der Waals surface area contributed by atoms with Crippen LogP contribution in [0.25, 0.3) is 22.0 Å². The zero-order valence-electron chi connectivity index (χ0n) is 19.4. The largest absolute Gasteiger partial charge is 0.342 e. The molecular formula is C28H26N4O3. The molecule has 7 rings (SSSR count). The van der Waals surface area contributed by atoms with Crippen molar-refractivity contribution in [3.05, 3.63) is 70.5 Å². The summed E-state index contributed by atoms with van der Waals surface area (Å²) >= 11 is 0. The van der Waals surface area contributed by atoms with E-state index in [9.17, 15) is 14.4 Å². The number of aliphatic imine (C=N–C) groups is 1. The number of hydrogen-bond donors (Lipinski definition) is 1. The number of amidine groups is 1. The van der Waals surface area contributed by atoms with E-state index in [-0.39, 0.29) is 23.3 Å². The molecule has 0 unspecified atom stereocenters. The molecule has 2 aliphatic heterocycles. The molecule has 1 aromatic heterocycles. The number of fused-ring (bicyclic) bond motifs is 1. The van der Waals surface area contributed by atoms with Crippen LogP contribution in [-0.2, 0) is 9.59 Å². The summed E-state index contributed by atoms with van der Waals surface area (Å²) in [7, 11) is 0. The fraction of sp³-hybridized carbons (Fsp3) is 0.357. The molecule has 2 amide bonds. The van der Waals surface area contributed by atoms with Gasteiger partial charge in [0, 0.05) is 48.6 Å². The Balaban J connectivity index is 1.12. The average Bonchev–Trinajstić information content (AvgIpc) is 3.76. The quantitative estimate of drug-likeness (QED) is 0.627. The molecule has 2 saturated carbocycles. The number of aromatic amines is 1. The predicted molar refractivity (Wildman–Crippen MR) is 133 cm³/mol. The lowest BCUT2D eigenvalue weighted by Crippen LogP contribution is -2.55. The van der Waals surface area contributed by atoms with Gasteiger partial charge in [-0.15, -0.1) is 0 Å². The van der Waals surface area contributed by atoms with Gasteiger partial charge in [0.1, 0.15) is 11.4 Å². The molecule has 176 valence electrons. The number of amides is 2. The Morgan fingerprint density at radius 2 is 1.63 bits per heavy atom. The smallest absolute Gasteiger partial charge is 0.256 e. The zero-order valence-corrected chi connectivity index (χ0v) is 19.4. The molecule has 1 saturated heterocycles. The fourth-order valence-corrected chi connectivity index (χ4v) is 5.35. The Bertz CT molecular complexity index is 1460. The average molecular weight is 467 g/mol. The molecule has 7 heteroatoms. The lowest BCUT2D eigenvalue weighted by molar-refractivity contribution is -0.139. The first-order valence-corrected chi connectivity index (χ1v) is 12.4. The van der Waals surface area contributed by atoms with Crippen LogP contribution in [0.3, 0.4) is 0 Å². The molecule has 3 aromatic rings. The topological polar surface area (TPSA) is 85.8 Å². The molecule has 2 aliphatic carbocycles. The maximum atomic E-state index is 13.2. The Labute approximate surface area is 202 Å². The molecule has 0 bridgehead atoms. The number of H-pyrrole nitrogens is 1. The summed E-state index contributed by atoms with van der Waals surface area (Å²) in [6.07, 6.45) is 3.68. The highest BCUT2D eigenvalue weighted by Gasteiger charge is 2.57. The number of likely N-dealkylation sites (tertiary alicyclic amines) is 1. The summed E-state index contributed by atoms with van der Waals surface area (Å²) in [5, 5.41) is 0.988. The van der Waals surface area contributed by atoms with E-state index >= 15 is 0 Å². The van der Waals surface area contributed by atoms with Gasteiger partial charge in [0.2, 0.25) is 11.5 Å². The van der Waals surface area contributed by atoms with Crippen molar-refractivity contribution in [1.82, 2.24) is 14.8 Å². The summed E-state index contributed by atoms with van der Waals surface area (Å²) in [5.41, 5.74) is 3.12. The van der Waals surface area contributed by atoms with Gasteiger partial charge in [-0.1, -0.05) is 36.4 Å². The van der Waals surface area contributed by atoms with E-state index in [0.717, 1.165) is 72.2 Å². The van der Waals surface area contributed by atoms with Gasteiger partial charge >= 0.3 is 0 Å². The molecule has 3 fully saturated rings. The number of pyridine rings is 1. The Kier molecular flexibility index (Phi) is 4.35. The second-order valence-corrected chi connectivity index (χ2v) is 10.5. The normalized spacial score (nSPS) is 20.9. The molecule has 3 heterocycles. The predicted octanol–water partition coefficient (Wildman–Crippen LogP) is 3.18. The molecule has 0 atom stereocenters. The lowest BCUT2D eigenvalue weighted by Gasteiger charge is -2.41. The lowest BCUT2D eigenvalue weighted by atomic mass is 9.97. The van der Waals surface area contributed by atoms with Crippen LogP contribution >= 0.6 is 0 Å².